The molecule has 0 fully saturated rings. The lowest BCUT2D eigenvalue weighted by Gasteiger charge is -2.20. The first-order valence-electron chi connectivity index (χ1n) is 6.13. The first-order valence-corrected chi connectivity index (χ1v) is 6.51. The summed E-state index contributed by atoms with van der Waals surface area (Å²) in [6.07, 6.45) is 0. The monoisotopic (exact) mass is 315 g/mol. The zero-order valence-corrected chi connectivity index (χ0v) is 12.1. The van der Waals surface area contributed by atoms with Gasteiger partial charge in [-0.05, 0) is 25.2 Å². The highest BCUT2D eigenvalue weighted by Crippen LogP contribution is 2.32. The van der Waals surface area contributed by atoms with Crippen molar-refractivity contribution in [2.75, 3.05) is 14.2 Å². The van der Waals surface area contributed by atoms with E-state index in [0.29, 0.717) is 0 Å². The molecule has 0 aliphatic carbocycles. The molecule has 0 radical (unpaired) electrons. The molecule has 1 unspecified atom stereocenters. The smallest absolute Gasteiger partial charge is 0.170 e. The Hall–Kier alpha value is -1.72. The average Bonchev–Trinajstić information content (AvgIpc) is 2.46. The molecular weight excluding hydrogens is 303 g/mol. The predicted molar refractivity (Wildman–Crippen MR) is 75.2 cm³/mol. The average molecular weight is 316 g/mol. The van der Waals surface area contributed by atoms with Crippen molar-refractivity contribution >= 4 is 11.6 Å². The summed E-state index contributed by atoms with van der Waals surface area (Å²) in [6.45, 7) is 0. The Balaban J connectivity index is 2.57. The molecule has 0 heterocycles. The molecule has 0 aromatic heterocycles. The SMILES string of the molecule is CNC(c1cc(F)c(Cl)cc1F)c1cccc(OC)c1F. The molecule has 0 bridgehead atoms. The van der Waals surface area contributed by atoms with Gasteiger partial charge >= 0.3 is 0 Å². The van der Waals surface area contributed by atoms with Crippen molar-refractivity contribution < 1.29 is 17.9 Å². The molecule has 1 N–H and O–H groups in total. The van der Waals surface area contributed by atoms with Crippen LogP contribution in [0.25, 0.3) is 0 Å². The van der Waals surface area contributed by atoms with Crippen molar-refractivity contribution in [1.29, 1.82) is 0 Å². The Morgan fingerprint density at radius 3 is 2.43 bits per heavy atom. The number of ether oxygens (including phenoxy) is 1. The maximum atomic E-state index is 14.3. The maximum Gasteiger partial charge on any atom is 0.170 e. The Morgan fingerprint density at radius 1 is 1.10 bits per heavy atom. The second-order valence-corrected chi connectivity index (χ2v) is 4.78. The molecule has 0 spiro atoms. The highest BCUT2D eigenvalue weighted by molar-refractivity contribution is 6.30. The van der Waals surface area contributed by atoms with Gasteiger partial charge in [0.1, 0.15) is 11.6 Å². The topological polar surface area (TPSA) is 21.3 Å². The van der Waals surface area contributed by atoms with E-state index in [1.54, 1.807) is 6.07 Å². The van der Waals surface area contributed by atoms with Gasteiger partial charge in [0, 0.05) is 11.1 Å². The first kappa shape index (κ1) is 15.7. The molecule has 112 valence electrons. The third kappa shape index (κ3) is 2.99. The van der Waals surface area contributed by atoms with Crippen LogP contribution in [-0.2, 0) is 0 Å². The number of hydrogen-bond acceptors (Lipinski definition) is 2. The predicted octanol–water partition coefficient (Wildman–Crippen LogP) is 4.07. The fourth-order valence-electron chi connectivity index (χ4n) is 2.15. The molecule has 1 atom stereocenters. The minimum Gasteiger partial charge on any atom is -0.494 e. The molecular formula is C15H13ClF3NO. The lowest BCUT2D eigenvalue weighted by Crippen LogP contribution is -2.20. The second kappa shape index (κ2) is 6.37. The zero-order valence-electron chi connectivity index (χ0n) is 11.4. The number of methoxy groups -OCH3 is 1. The van der Waals surface area contributed by atoms with Gasteiger partial charge in [0.05, 0.1) is 18.2 Å². The molecule has 2 aromatic carbocycles. The molecule has 0 saturated heterocycles. The van der Waals surface area contributed by atoms with Crippen molar-refractivity contribution in [2.45, 2.75) is 6.04 Å². The van der Waals surface area contributed by atoms with Crippen LogP contribution in [0.1, 0.15) is 17.2 Å². The lowest BCUT2D eigenvalue weighted by atomic mass is 9.97. The van der Waals surface area contributed by atoms with Crippen LogP contribution >= 0.6 is 11.6 Å². The van der Waals surface area contributed by atoms with Gasteiger partial charge in [-0.1, -0.05) is 23.7 Å². The normalized spacial score (nSPS) is 12.3. The van der Waals surface area contributed by atoms with Crippen LogP contribution in [0, 0.1) is 17.5 Å². The van der Waals surface area contributed by atoms with Gasteiger partial charge in [-0.15, -0.1) is 0 Å². The summed E-state index contributed by atoms with van der Waals surface area (Å²) in [5, 5.41) is 2.45. The summed E-state index contributed by atoms with van der Waals surface area (Å²) >= 11 is 5.53. The highest BCUT2D eigenvalue weighted by atomic mass is 35.5. The fourth-order valence-corrected chi connectivity index (χ4v) is 2.30. The molecule has 21 heavy (non-hydrogen) atoms. The van der Waals surface area contributed by atoms with Gasteiger partial charge in [0.25, 0.3) is 0 Å². The third-order valence-electron chi connectivity index (χ3n) is 3.16. The van der Waals surface area contributed by atoms with Crippen LogP contribution in [0.15, 0.2) is 30.3 Å². The maximum absolute atomic E-state index is 14.3. The van der Waals surface area contributed by atoms with Gasteiger partial charge in [-0.3, -0.25) is 0 Å². The van der Waals surface area contributed by atoms with E-state index in [2.05, 4.69) is 5.32 Å². The molecule has 0 saturated carbocycles. The van der Waals surface area contributed by atoms with Crippen molar-refractivity contribution in [3.8, 4) is 5.75 Å². The second-order valence-electron chi connectivity index (χ2n) is 4.37. The molecule has 2 aromatic rings. The number of halogens is 4. The highest BCUT2D eigenvalue weighted by Gasteiger charge is 2.23. The molecule has 2 rings (SSSR count). The Morgan fingerprint density at radius 2 is 1.81 bits per heavy atom. The van der Waals surface area contributed by atoms with E-state index in [-0.39, 0.29) is 21.9 Å². The van der Waals surface area contributed by atoms with Crippen LogP contribution in [-0.4, -0.2) is 14.2 Å². The molecule has 2 nitrogen and oxygen atoms in total. The van der Waals surface area contributed by atoms with Crippen LogP contribution in [0.2, 0.25) is 5.02 Å². The van der Waals surface area contributed by atoms with Gasteiger partial charge in [0.15, 0.2) is 11.6 Å². The van der Waals surface area contributed by atoms with E-state index in [4.69, 9.17) is 16.3 Å². The van der Waals surface area contributed by atoms with Gasteiger partial charge in [0.2, 0.25) is 0 Å². The summed E-state index contributed by atoms with van der Waals surface area (Å²) in [4.78, 5) is 0. The Kier molecular flexibility index (Phi) is 4.75. The van der Waals surface area contributed by atoms with Crippen molar-refractivity contribution in [2.24, 2.45) is 0 Å². The standard InChI is InChI=1S/C15H13ClF3NO/c1-20-15(8-4-3-5-13(21-2)14(8)19)9-6-12(18)10(16)7-11(9)17/h3-7,15,20H,1-2H3. The summed E-state index contributed by atoms with van der Waals surface area (Å²) < 4.78 is 46.8. The van der Waals surface area contributed by atoms with Crippen LogP contribution in [0.5, 0.6) is 5.75 Å². The van der Waals surface area contributed by atoms with Gasteiger partial charge in [-0.25, -0.2) is 13.2 Å². The van der Waals surface area contributed by atoms with Gasteiger partial charge < -0.3 is 10.1 Å². The van der Waals surface area contributed by atoms with E-state index >= 15 is 0 Å². The minimum absolute atomic E-state index is 0.0302. The molecule has 0 aliphatic rings. The molecule has 6 heteroatoms. The van der Waals surface area contributed by atoms with Crippen LogP contribution in [0.4, 0.5) is 13.2 Å². The van der Waals surface area contributed by atoms with E-state index in [9.17, 15) is 13.2 Å². The van der Waals surface area contributed by atoms with Crippen LogP contribution in [0.3, 0.4) is 0 Å². The third-order valence-corrected chi connectivity index (χ3v) is 3.45. The van der Waals surface area contributed by atoms with Crippen molar-refractivity contribution in [1.82, 2.24) is 5.32 Å². The summed E-state index contributed by atoms with van der Waals surface area (Å²) in [6, 6.07) is 5.46. The summed E-state index contributed by atoms with van der Waals surface area (Å²) in [7, 11) is 2.86. The molecule has 0 aliphatic heterocycles. The van der Waals surface area contributed by atoms with E-state index in [0.717, 1.165) is 12.1 Å². The number of hydrogen-bond donors (Lipinski definition) is 1. The first-order chi connectivity index (χ1) is 9.99. The fraction of sp³-hybridized carbons (Fsp3) is 0.200. The summed E-state index contributed by atoms with van der Waals surface area (Å²) in [5.41, 5.74) is 0.115. The van der Waals surface area contributed by atoms with E-state index < -0.39 is 23.5 Å². The quantitative estimate of drug-likeness (QED) is 0.859. The summed E-state index contributed by atoms with van der Waals surface area (Å²) in [5.74, 6) is -2.09. The number of nitrogens with one attached hydrogen (secondary N) is 1. The van der Waals surface area contributed by atoms with E-state index in [1.165, 1.54) is 26.3 Å². The number of benzene rings is 2. The minimum atomic E-state index is -0.869. The Bertz CT molecular complexity index is 664. The largest absolute Gasteiger partial charge is 0.494 e. The number of rotatable bonds is 4. The van der Waals surface area contributed by atoms with Crippen molar-refractivity contribution in [3.05, 3.63) is 63.9 Å². The van der Waals surface area contributed by atoms with Crippen LogP contribution < -0.4 is 10.1 Å². The van der Waals surface area contributed by atoms with Gasteiger partial charge in [-0.2, -0.15) is 0 Å². The molecule has 0 amide bonds. The van der Waals surface area contributed by atoms with E-state index in [1.807, 2.05) is 0 Å². The lowest BCUT2D eigenvalue weighted by molar-refractivity contribution is 0.382. The van der Waals surface area contributed by atoms with Crippen molar-refractivity contribution in [3.63, 3.8) is 0 Å². The Labute approximate surface area is 125 Å². The zero-order chi connectivity index (χ0) is 15.6.